The van der Waals surface area contributed by atoms with E-state index < -0.39 is 0 Å². The summed E-state index contributed by atoms with van der Waals surface area (Å²) in [7, 11) is 3.40. The molecule has 0 aromatic heterocycles. The third-order valence-electron chi connectivity index (χ3n) is 3.40. The van der Waals surface area contributed by atoms with E-state index in [1.54, 1.807) is 14.2 Å². The van der Waals surface area contributed by atoms with Gasteiger partial charge in [0.2, 0.25) is 0 Å². The van der Waals surface area contributed by atoms with Crippen molar-refractivity contribution in [2.24, 2.45) is 10.4 Å². The van der Waals surface area contributed by atoms with Gasteiger partial charge in [0.1, 0.15) is 11.9 Å². The fraction of sp³-hybridized carbons (Fsp3) is 0.533. The Hall–Kier alpha value is -1.71. The number of rotatable bonds is 2. The molecule has 1 saturated heterocycles. The van der Waals surface area contributed by atoms with Crippen LogP contribution in [-0.2, 0) is 4.74 Å². The van der Waals surface area contributed by atoms with E-state index in [0.29, 0.717) is 6.02 Å². The SMILES string of the molecule is CN=C1N[C@@H](C(C)(C)C)[C@H](c2ccc(OC)cc2)O1. The minimum atomic E-state index is -0.0235. The smallest absolute Gasteiger partial charge is 0.285 e. The second-order valence-electron chi connectivity index (χ2n) is 5.83. The molecule has 1 heterocycles. The molecule has 0 radical (unpaired) electrons. The maximum atomic E-state index is 5.91. The molecule has 0 unspecified atom stereocenters. The first-order valence-corrected chi connectivity index (χ1v) is 6.49. The first kappa shape index (κ1) is 13.7. The molecule has 104 valence electrons. The molecule has 1 aliphatic rings. The average Bonchev–Trinajstić information content (AvgIpc) is 2.83. The van der Waals surface area contributed by atoms with Gasteiger partial charge in [0.05, 0.1) is 13.2 Å². The summed E-state index contributed by atoms with van der Waals surface area (Å²) in [5.74, 6) is 0.853. The molecule has 0 aliphatic carbocycles. The van der Waals surface area contributed by atoms with Crippen LogP contribution in [0.3, 0.4) is 0 Å². The van der Waals surface area contributed by atoms with Gasteiger partial charge in [-0.05, 0) is 23.1 Å². The van der Waals surface area contributed by atoms with Crippen molar-refractivity contribution in [1.82, 2.24) is 5.32 Å². The Morgan fingerprint density at radius 3 is 2.32 bits per heavy atom. The summed E-state index contributed by atoms with van der Waals surface area (Å²) >= 11 is 0. The van der Waals surface area contributed by atoms with E-state index >= 15 is 0 Å². The molecular weight excluding hydrogens is 240 g/mol. The summed E-state index contributed by atoms with van der Waals surface area (Å²) in [5, 5.41) is 3.35. The van der Waals surface area contributed by atoms with Gasteiger partial charge < -0.3 is 14.8 Å². The van der Waals surface area contributed by atoms with E-state index in [2.05, 4.69) is 31.1 Å². The number of benzene rings is 1. The summed E-state index contributed by atoms with van der Waals surface area (Å²) in [4.78, 5) is 4.12. The molecule has 0 bridgehead atoms. The zero-order chi connectivity index (χ0) is 14.0. The van der Waals surface area contributed by atoms with Crippen molar-refractivity contribution in [3.63, 3.8) is 0 Å². The molecular formula is C15H22N2O2. The minimum absolute atomic E-state index is 0.0235. The lowest BCUT2D eigenvalue weighted by Crippen LogP contribution is -2.39. The maximum absolute atomic E-state index is 5.91. The van der Waals surface area contributed by atoms with Crippen LogP contribution in [0.5, 0.6) is 5.75 Å². The zero-order valence-electron chi connectivity index (χ0n) is 12.2. The van der Waals surface area contributed by atoms with Gasteiger partial charge in [-0.1, -0.05) is 32.9 Å². The number of methoxy groups -OCH3 is 1. The summed E-state index contributed by atoms with van der Waals surface area (Å²) in [6, 6.07) is 8.81. The van der Waals surface area contributed by atoms with Crippen molar-refractivity contribution >= 4 is 6.02 Å². The monoisotopic (exact) mass is 262 g/mol. The molecule has 1 aromatic rings. The van der Waals surface area contributed by atoms with Crippen LogP contribution < -0.4 is 10.1 Å². The molecule has 1 aromatic carbocycles. The lowest BCUT2D eigenvalue weighted by Gasteiger charge is -2.29. The van der Waals surface area contributed by atoms with Gasteiger partial charge in [0, 0.05) is 7.05 Å². The highest BCUT2D eigenvalue weighted by Gasteiger charge is 2.41. The Bertz CT molecular complexity index is 460. The fourth-order valence-corrected chi connectivity index (χ4v) is 2.27. The van der Waals surface area contributed by atoms with Gasteiger partial charge in [-0.15, -0.1) is 0 Å². The molecule has 2 rings (SSSR count). The third kappa shape index (κ3) is 2.83. The normalized spacial score (nSPS) is 25.0. The first-order chi connectivity index (χ1) is 8.95. The van der Waals surface area contributed by atoms with Crippen molar-refractivity contribution in [3.05, 3.63) is 29.8 Å². The first-order valence-electron chi connectivity index (χ1n) is 6.49. The van der Waals surface area contributed by atoms with Crippen molar-refractivity contribution in [1.29, 1.82) is 0 Å². The van der Waals surface area contributed by atoms with Crippen molar-refractivity contribution in [2.75, 3.05) is 14.2 Å². The van der Waals surface area contributed by atoms with Crippen molar-refractivity contribution in [3.8, 4) is 5.75 Å². The molecule has 0 amide bonds. The standard InChI is InChI=1S/C15H22N2O2/c1-15(2,3)13-12(19-14(16-4)17-13)10-6-8-11(18-5)9-7-10/h6-9,12-13H,1-5H3,(H,16,17)/t12-,13+/m0/s1. The lowest BCUT2D eigenvalue weighted by molar-refractivity contribution is 0.144. The number of ether oxygens (including phenoxy) is 2. The number of nitrogens with one attached hydrogen (secondary N) is 1. The van der Waals surface area contributed by atoms with E-state index in [9.17, 15) is 0 Å². The lowest BCUT2D eigenvalue weighted by atomic mass is 9.82. The highest BCUT2D eigenvalue weighted by atomic mass is 16.5. The van der Waals surface area contributed by atoms with E-state index in [1.807, 2.05) is 24.3 Å². The molecule has 1 aliphatic heterocycles. The highest BCUT2D eigenvalue weighted by Crippen LogP contribution is 2.36. The largest absolute Gasteiger partial charge is 0.497 e. The highest BCUT2D eigenvalue weighted by molar-refractivity contribution is 5.76. The van der Waals surface area contributed by atoms with Gasteiger partial charge in [0.15, 0.2) is 0 Å². The van der Waals surface area contributed by atoms with E-state index in [0.717, 1.165) is 11.3 Å². The van der Waals surface area contributed by atoms with Gasteiger partial charge in [-0.2, -0.15) is 0 Å². The van der Waals surface area contributed by atoms with E-state index in [1.165, 1.54) is 0 Å². The maximum Gasteiger partial charge on any atom is 0.285 e. The zero-order valence-corrected chi connectivity index (χ0v) is 12.2. The van der Waals surface area contributed by atoms with Gasteiger partial charge >= 0.3 is 0 Å². The average molecular weight is 262 g/mol. The quantitative estimate of drug-likeness (QED) is 0.891. The predicted molar refractivity (Wildman–Crippen MR) is 76.6 cm³/mol. The second-order valence-corrected chi connectivity index (χ2v) is 5.83. The van der Waals surface area contributed by atoms with Crippen LogP contribution in [0, 0.1) is 5.41 Å². The van der Waals surface area contributed by atoms with Gasteiger partial charge in [0.25, 0.3) is 6.02 Å². The Balaban J connectivity index is 2.29. The number of amidine groups is 1. The summed E-state index contributed by atoms with van der Waals surface area (Å²) in [5.41, 5.74) is 1.21. The van der Waals surface area contributed by atoms with Gasteiger partial charge in [-0.25, -0.2) is 4.99 Å². The topological polar surface area (TPSA) is 42.9 Å². The number of hydrogen-bond donors (Lipinski definition) is 1. The van der Waals surface area contributed by atoms with Crippen LogP contribution in [0.1, 0.15) is 32.4 Å². The summed E-state index contributed by atoms with van der Waals surface area (Å²) < 4.78 is 11.1. The Morgan fingerprint density at radius 1 is 1.21 bits per heavy atom. The summed E-state index contributed by atoms with van der Waals surface area (Å²) in [6.07, 6.45) is -0.0235. The molecule has 0 saturated carbocycles. The predicted octanol–water partition coefficient (Wildman–Crippen LogP) is 2.76. The number of aliphatic imine (C=N–C) groups is 1. The Kier molecular flexibility index (Phi) is 3.69. The Labute approximate surface area is 114 Å². The minimum Gasteiger partial charge on any atom is -0.497 e. The summed E-state index contributed by atoms with van der Waals surface area (Å²) in [6.45, 7) is 6.59. The molecule has 1 fully saturated rings. The molecule has 2 atom stereocenters. The second kappa shape index (κ2) is 5.11. The van der Waals surface area contributed by atoms with Crippen molar-refractivity contribution in [2.45, 2.75) is 32.9 Å². The number of nitrogens with zero attached hydrogens (tertiary/aromatic N) is 1. The third-order valence-corrected chi connectivity index (χ3v) is 3.40. The molecule has 0 spiro atoms. The van der Waals surface area contributed by atoms with Crippen molar-refractivity contribution < 1.29 is 9.47 Å². The molecule has 4 heteroatoms. The molecule has 19 heavy (non-hydrogen) atoms. The van der Waals surface area contributed by atoms with Crippen LogP contribution in [0.2, 0.25) is 0 Å². The Morgan fingerprint density at radius 2 is 1.84 bits per heavy atom. The van der Waals surface area contributed by atoms with Crippen LogP contribution in [-0.4, -0.2) is 26.2 Å². The van der Waals surface area contributed by atoms with Crippen LogP contribution in [0.25, 0.3) is 0 Å². The fourth-order valence-electron chi connectivity index (χ4n) is 2.27. The van der Waals surface area contributed by atoms with Gasteiger partial charge in [-0.3, -0.25) is 0 Å². The van der Waals surface area contributed by atoms with Crippen LogP contribution in [0.4, 0.5) is 0 Å². The molecule has 4 nitrogen and oxygen atoms in total. The van der Waals surface area contributed by atoms with Crippen LogP contribution in [0.15, 0.2) is 29.3 Å². The van der Waals surface area contributed by atoms with E-state index in [-0.39, 0.29) is 17.6 Å². The van der Waals surface area contributed by atoms with E-state index in [4.69, 9.17) is 9.47 Å². The number of hydrogen-bond acceptors (Lipinski definition) is 3. The van der Waals surface area contributed by atoms with Crippen LogP contribution >= 0.6 is 0 Å². The molecule has 1 N–H and O–H groups in total.